The van der Waals surface area contributed by atoms with Gasteiger partial charge in [0.05, 0.1) is 19.8 Å². The summed E-state index contributed by atoms with van der Waals surface area (Å²) >= 11 is 0. The summed E-state index contributed by atoms with van der Waals surface area (Å²) < 4.78 is 15.7. The summed E-state index contributed by atoms with van der Waals surface area (Å²) in [5, 5.41) is 0. The van der Waals surface area contributed by atoms with Crippen LogP contribution in [0.3, 0.4) is 0 Å². The molecule has 0 amide bonds. The zero-order valence-corrected chi connectivity index (χ0v) is 12.8. The summed E-state index contributed by atoms with van der Waals surface area (Å²) in [6, 6.07) is 12.1. The van der Waals surface area contributed by atoms with Gasteiger partial charge in [0.1, 0.15) is 5.75 Å². The minimum atomic E-state index is -0.445. The predicted octanol–water partition coefficient (Wildman–Crippen LogP) is 3.96. The van der Waals surface area contributed by atoms with Gasteiger partial charge < -0.3 is 14.2 Å². The molecule has 4 nitrogen and oxygen atoms in total. The van der Waals surface area contributed by atoms with Crippen LogP contribution in [0.15, 0.2) is 48.5 Å². The maximum Gasteiger partial charge on any atom is 0.343 e. The molecule has 0 heterocycles. The Hall–Kier alpha value is -2.75. The van der Waals surface area contributed by atoms with Gasteiger partial charge >= 0.3 is 5.97 Å². The monoisotopic (exact) mass is 298 g/mol. The summed E-state index contributed by atoms with van der Waals surface area (Å²) in [5.74, 6) is 1.14. The number of hydrogen-bond donors (Lipinski definition) is 0. The first-order valence-corrected chi connectivity index (χ1v) is 6.85. The Morgan fingerprint density at radius 2 is 1.68 bits per heavy atom. The number of rotatable bonds is 5. The van der Waals surface area contributed by atoms with Crippen molar-refractivity contribution in [3.63, 3.8) is 0 Å². The third-order valence-electron chi connectivity index (χ3n) is 3.08. The topological polar surface area (TPSA) is 44.8 Å². The van der Waals surface area contributed by atoms with Gasteiger partial charge in [0.15, 0.2) is 11.5 Å². The van der Waals surface area contributed by atoms with Crippen molar-refractivity contribution >= 4 is 12.0 Å². The van der Waals surface area contributed by atoms with Crippen molar-refractivity contribution in [3.8, 4) is 17.2 Å². The lowest BCUT2D eigenvalue weighted by Crippen LogP contribution is -2.09. The molecule has 0 saturated heterocycles. The van der Waals surface area contributed by atoms with Gasteiger partial charge in [-0.1, -0.05) is 18.2 Å². The largest absolute Gasteiger partial charge is 0.497 e. The highest BCUT2D eigenvalue weighted by Gasteiger charge is 2.12. The number of carbonyl (C=O) groups is 1. The van der Waals surface area contributed by atoms with Crippen LogP contribution >= 0.6 is 0 Å². The van der Waals surface area contributed by atoms with Gasteiger partial charge in [0.2, 0.25) is 0 Å². The lowest BCUT2D eigenvalue weighted by atomic mass is 10.2. The van der Waals surface area contributed by atoms with Crippen LogP contribution in [-0.2, 0) is 0 Å². The van der Waals surface area contributed by atoms with Crippen molar-refractivity contribution < 1.29 is 19.0 Å². The van der Waals surface area contributed by atoms with E-state index in [1.165, 1.54) is 0 Å². The minimum absolute atomic E-state index is 0.386. The zero-order chi connectivity index (χ0) is 15.9. The van der Waals surface area contributed by atoms with E-state index >= 15 is 0 Å². The Kier molecular flexibility index (Phi) is 5.20. The van der Waals surface area contributed by atoms with Gasteiger partial charge in [0, 0.05) is 0 Å². The Morgan fingerprint density at radius 3 is 2.27 bits per heavy atom. The molecule has 0 atom stereocenters. The second-order valence-electron chi connectivity index (χ2n) is 4.53. The summed E-state index contributed by atoms with van der Waals surface area (Å²) in [7, 11) is 3.12. The second-order valence-corrected chi connectivity index (χ2v) is 4.53. The molecule has 114 valence electrons. The predicted molar refractivity (Wildman–Crippen MR) is 85.7 cm³/mol. The molecule has 22 heavy (non-hydrogen) atoms. The third-order valence-corrected chi connectivity index (χ3v) is 3.08. The maximum absolute atomic E-state index is 12.2. The SMILES string of the molecule is CC=Cc1ccc(OC(=O)c2ccc(OC)cc2)c(OC)c1. The average molecular weight is 298 g/mol. The number of benzene rings is 2. The molecule has 0 aliphatic rings. The molecule has 0 aliphatic heterocycles. The van der Waals surface area contributed by atoms with E-state index in [0.717, 1.165) is 5.56 Å². The molecule has 0 N–H and O–H groups in total. The highest BCUT2D eigenvalue weighted by atomic mass is 16.6. The molecule has 0 spiro atoms. The van der Waals surface area contributed by atoms with Gasteiger partial charge in [-0.3, -0.25) is 0 Å². The van der Waals surface area contributed by atoms with Crippen LogP contribution in [0.2, 0.25) is 0 Å². The van der Waals surface area contributed by atoms with Crippen LogP contribution < -0.4 is 14.2 Å². The Morgan fingerprint density at radius 1 is 0.955 bits per heavy atom. The number of ether oxygens (including phenoxy) is 3. The van der Waals surface area contributed by atoms with Crippen molar-refractivity contribution in [3.05, 3.63) is 59.7 Å². The fourth-order valence-corrected chi connectivity index (χ4v) is 1.95. The number of hydrogen-bond acceptors (Lipinski definition) is 4. The fraction of sp³-hybridized carbons (Fsp3) is 0.167. The zero-order valence-electron chi connectivity index (χ0n) is 12.8. The van der Waals surface area contributed by atoms with Crippen molar-refractivity contribution in [2.24, 2.45) is 0 Å². The Balaban J connectivity index is 2.19. The Bertz CT molecular complexity index is 672. The third kappa shape index (κ3) is 3.67. The quantitative estimate of drug-likeness (QED) is 0.619. The molecule has 0 saturated carbocycles. The molecule has 0 aliphatic carbocycles. The van der Waals surface area contributed by atoms with E-state index in [1.807, 2.05) is 31.2 Å². The molecule has 0 radical (unpaired) electrons. The first-order chi connectivity index (χ1) is 10.7. The molecular formula is C18H18O4. The molecule has 4 heteroatoms. The van der Waals surface area contributed by atoms with E-state index in [4.69, 9.17) is 14.2 Å². The van der Waals surface area contributed by atoms with Crippen LogP contribution in [0.25, 0.3) is 6.08 Å². The number of allylic oxidation sites excluding steroid dienone is 1. The lowest BCUT2D eigenvalue weighted by molar-refractivity contribution is 0.0729. The van der Waals surface area contributed by atoms with Gasteiger partial charge in [-0.15, -0.1) is 0 Å². The van der Waals surface area contributed by atoms with E-state index in [0.29, 0.717) is 22.8 Å². The van der Waals surface area contributed by atoms with E-state index in [-0.39, 0.29) is 0 Å². The number of carbonyl (C=O) groups excluding carboxylic acids is 1. The lowest BCUT2D eigenvalue weighted by Gasteiger charge is -2.10. The van der Waals surface area contributed by atoms with Gasteiger partial charge in [-0.25, -0.2) is 4.79 Å². The molecule has 2 aromatic rings. The van der Waals surface area contributed by atoms with Gasteiger partial charge in [-0.2, -0.15) is 0 Å². The van der Waals surface area contributed by atoms with Crippen LogP contribution in [0, 0.1) is 0 Å². The summed E-state index contributed by atoms with van der Waals surface area (Å²) in [4.78, 5) is 12.2. The van der Waals surface area contributed by atoms with Crippen LogP contribution in [0.1, 0.15) is 22.8 Å². The van der Waals surface area contributed by atoms with Crippen molar-refractivity contribution in [1.29, 1.82) is 0 Å². The van der Waals surface area contributed by atoms with E-state index in [2.05, 4.69) is 0 Å². The second kappa shape index (κ2) is 7.31. The van der Waals surface area contributed by atoms with Crippen molar-refractivity contribution in [2.75, 3.05) is 14.2 Å². The molecule has 0 bridgehead atoms. The van der Waals surface area contributed by atoms with E-state index in [1.54, 1.807) is 44.6 Å². The van der Waals surface area contributed by atoms with Crippen LogP contribution in [-0.4, -0.2) is 20.2 Å². The molecule has 0 unspecified atom stereocenters. The molecule has 0 fully saturated rings. The minimum Gasteiger partial charge on any atom is -0.497 e. The number of esters is 1. The van der Waals surface area contributed by atoms with E-state index < -0.39 is 5.97 Å². The first kappa shape index (κ1) is 15.6. The maximum atomic E-state index is 12.2. The summed E-state index contributed by atoms with van der Waals surface area (Å²) in [5.41, 5.74) is 1.42. The van der Waals surface area contributed by atoms with Crippen LogP contribution in [0.4, 0.5) is 0 Å². The molecule has 2 rings (SSSR count). The standard InChI is InChI=1S/C18H18O4/c1-4-5-13-6-11-16(17(12-13)21-3)22-18(19)14-7-9-15(20-2)10-8-14/h4-12H,1-3H3. The molecule has 0 aromatic heterocycles. The average Bonchev–Trinajstić information content (AvgIpc) is 2.56. The van der Waals surface area contributed by atoms with E-state index in [9.17, 15) is 4.79 Å². The normalized spacial score (nSPS) is 10.5. The summed E-state index contributed by atoms with van der Waals surface area (Å²) in [6.45, 7) is 1.93. The smallest absolute Gasteiger partial charge is 0.343 e. The van der Waals surface area contributed by atoms with Gasteiger partial charge in [-0.05, 0) is 48.9 Å². The van der Waals surface area contributed by atoms with Crippen molar-refractivity contribution in [1.82, 2.24) is 0 Å². The highest BCUT2D eigenvalue weighted by Crippen LogP contribution is 2.29. The summed E-state index contributed by atoms with van der Waals surface area (Å²) in [6.07, 6.45) is 3.87. The first-order valence-electron chi connectivity index (χ1n) is 6.85. The highest BCUT2D eigenvalue weighted by molar-refractivity contribution is 5.91. The number of methoxy groups -OCH3 is 2. The Labute approximate surface area is 129 Å². The van der Waals surface area contributed by atoms with Gasteiger partial charge in [0.25, 0.3) is 0 Å². The molecule has 2 aromatic carbocycles. The van der Waals surface area contributed by atoms with Crippen molar-refractivity contribution in [2.45, 2.75) is 6.92 Å². The molecular weight excluding hydrogens is 280 g/mol. The fourth-order valence-electron chi connectivity index (χ4n) is 1.95. The van der Waals surface area contributed by atoms with Crippen LogP contribution in [0.5, 0.6) is 17.2 Å².